The number of phenols is 1. The molecule has 3 saturated heterocycles. The number of benzene rings is 1. The first-order valence-electron chi connectivity index (χ1n) is 10.8. The maximum atomic E-state index is 12.9. The number of ether oxygens (including phenoxy) is 1. The minimum atomic E-state index is -0.0154. The molecule has 0 aliphatic carbocycles. The zero-order chi connectivity index (χ0) is 20.2. The standard InChI is InChI=1S/C22H31N3O4/c26-20-5-1-3-17(15-20)21(27)23-9-6-19(7-10-23)25-8-2-4-18(16-25)22(28)24-11-13-29-14-12-24/h1,3,5,15,18-19,26H,2,4,6-14,16H2/t18-/m0/s1. The third kappa shape index (κ3) is 4.73. The summed E-state index contributed by atoms with van der Waals surface area (Å²) >= 11 is 0. The van der Waals surface area contributed by atoms with Gasteiger partial charge in [0, 0.05) is 44.3 Å². The van der Waals surface area contributed by atoms with Gasteiger partial charge >= 0.3 is 0 Å². The monoisotopic (exact) mass is 401 g/mol. The fourth-order valence-corrected chi connectivity index (χ4v) is 4.84. The molecule has 3 fully saturated rings. The van der Waals surface area contributed by atoms with E-state index >= 15 is 0 Å². The number of rotatable bonds is 3. The van der Waals surface area contributed by atoms with E-state index in [2.05, 4.69) is 4.90 Å². The van der Waals surface area contributed by atoms with Crippen molar-refractivity contribution in [2.75, 3.05) is 52.5 Å². The molecule has 3 heterocycles. The van der Waals surface area contributed by atoms with Gasteiger partial charge in [-0.3, -0.25) is 14.5 Å². The fourth-order valence-electron chi connectivity index (χ4n) is 4.84. The molecule has 0 saturated carbocycles. The van der Waals surface area contributed by atoms with Gasteiger partial charge in [0.2, 0.25) is 5.91 Å². The van der Waals surface area contributed by atoms with Crippen LogP contribution in [-0.4, -0.2) is 90.1 Å². The van der Waals surface area contributed by atoms with E-state index in [0.717, 1.165) is 51.9 Å². The van der Waals surface area contributed by atoms with Crippen LogP contribution in [0.3, 0.4) is 0 Å². The summed E-state index contributed by atoms with van der Waals surface area (Å²) in [6.45, 7) is 6.03. The highest BCUT2D eigenvalue weighted by atomic mass is 16.5. The topological polar surface area (TPSA) is 73.3 Å². The maximum Gasteiger partial charge on any atom is 0.253 e. The van der Waals surface area contributed by atoms with Crippen LogP contribution in [0, 0.1) is 5.92 Å². The molecule has 1 aromatic rings. The smallest absolute Gasteiger partial charge is 0.253 e. The largest absolute Gasteiger partial charge is 0.508 e. The molecule has 7 nitrogen and oxygen atoms in total. The number of phenolic OH excluding ortho intramolecular Hbond substituents is 1. The van der Waals surface area contributed by atoms with Crippen molar-refractivity contribution in [3.63, 3.8) is 0 Å². The highest BCUT2D eigenvalue weighted by Crippen LogP contribution is 2.26. The number of likely N-dealkylation sites (tertiary alicyclic amines) is 2. The number of carbonyl (C=O) groups excluding carboxylic acids is 2. The van der Waals surface area contributed by atoms with Crippen LogP contribution in [-0.2, 0) is 9.53 Å². The van der Waals surface area contributed by atoms with Gasteiger partial charge in [-0.2, -0.15) is 0 Å². The Balaban J connectivity index is 1.30. The number of piperidine rings is 2. The summed E-state index contributed by atoms with van der Waals surface area (Å²) in [5, 5.41) is 9.62. The van der Waals surface area contributed by atoms with E-state index in [-0.39, 0.29) is 23.5 Å². The highest BCUT2D eigenvalue weighted by molar-refractivity contribution is 5.94. The van der Waals surface area contributed by atoms with Crippen molar-refractivity contribution in [2.24, 2.45) is 5.92 Å². The summed E-state index contributed by atoms with van der Waals surface area (Å²) in [7, 11) is 0. The van der Waals surface area contributed by atoms with E-state index in [1.807, 2.05) is 9.80 Å². The minimum Gasteiger partial charge on any atom is -0.508 e. The number of carbonyl (C=O) groups is 2. The van der Waals surface area contributed by atoms with Crippen molar-refractivity contribution >= 4 is 11.8 Å². The van der Waals surface area contributed by atoms with Crippen LogP contribution in [0.1, 0.15) is 36.0 Å². The lowest BCUT2D eigenvalue weighted by molar-refractivity contribution is -0.141. The van der Waals surface area contributed by atoms with Crippen LogP contribution in [0.2, 0.25) is 0 Å². The summed E-state index contributed by atoms with van der Waals surface area (Å²) in [5.74, 6) is 0.483. The molecule has 0 aromatic heterocycles. The molecule has 29 heavy (non-hydrogen) atoms. The second-order valence-electron chi connectivity index (χ2n) is 8.35. The van der Waals surface area contributed by atoms with E-state index < -0.39 is 0 Å². The number of aromatic hydroxyl groups is 1. The lowest BCUT2D eigenvalue weighted by Gasteiger charge is -2.43. The SMILES string of the molecule is O=C(c1cccc(O)c1)N1CCC(N2CCC[C@H](C(=O)N3CCOCC3)C2)CC1. The van der Waals surface area contributed by atoms with Crippen LogP contribution >= 0.6 is 0 Å². The van der Waals surface area contributed by atoms with Gasteiger partial charge in [-0.15, -0.1) is 0 Å². The Morgan fingerprint density at radius 2 is 1.72 bits per heavy atom. The Morgan fingerprint density at radius 1 is 0.966 bits per heavy atom. The van der Waals surface area contributed by atoms with Gasteiger partial charge in [0.15, 0.2) is 0 Å². The summed E-state index contributed by atoms with van der Waals surface area (Å²) < 4.78 is 5.37. The van der Waals surface area contributed by atoms with E-state index in [1.165, 1.54) is 6.07 Å². The third-order valence-electron chi connectivity index (χ3n) is 6.49. The second kappa shape index (κ2) is 9.13. The van der Waals surface area contributed by atoms with Crippen molar-refractivity contribution < 1.29 is 19.4 Å². The molecule has 1 atom stereocenters. The van der Waals surface area contributed by atoms with Crippen LogP contribution < -0.4 is 0 Å². The van der Waals surface area contributed by atoms with E-state index in [4.69, 9.17) is 4.74 Å². The number of nitrogens with zero attached hydrogens (tertiary/aromatic N) is 3. The Hall–Kier alpha value is -2.12. The first-order valence-corrected chi connectivity index (χ1v) is 10.8. The molecule has 0 radical (unpaired) electrons. The van der Waals surface area contributed by atoms with Crippen LogP contribution in [0.15, 0.2) is 24.3 Å². The van der Waals surface area contributed by atoms with E-state index in [9.17, 15) is 14.7 Å². The molecule has 2 amide bonds. The first kappa shape index (κ1) is 20.2. The van der Waals surface area contributed by atoms with Crippen LogP contribution in [0.25, 0.3) is 0 Å². The second-order valence-corrected chi connectivity index (χ2v) is 8.35. The van der Waals surface area contributed by atoms with Crippen LogP contribution in [0.5, 0.6) is 5.75 Å². The molecule has 0 spiro atoms. The molecule has 3 aliphatic heterocycles. The molecule has 3 aliphatic rings. The molecule has 0 unspecified atom stereocenters. The zero-order valence-corrected chi connectivity index (χ0v) is 17.0. The van der Waals surface area contributed by atoms with Gasteiger partial charge in [-0.05, 0) is 50.4 Å². The Kier molecular flexibility index (Phi) is 6.35. The van der Waals surface area contributed by atoms with Crippen molar-refractivity contribution in [1.29, 1.82) is 0 Å². The predicted molar refractivity (Wildman–Crippen MR) is 109 cm³/mol. The van der Waals surface area contributed by atoms with Crippen molar-refractivity contribution in [3.05, 3.63) is 29.8 Å². The number of hydrogen-bond acceptors (Lipinski definition) is 5. The van der Waals surface area contributed by atoms with Gasteiger partial charge in [-0.25, -0.2) is 0 Å². The Morgan fingerprint density at radius 3 is 2.45 bits per heavy atom. The molecule has 158 valence electrons. The van der Waals surface area contributed by atoms with Gasteiger partial charge in [-0.1, -0.05) is 6.07 Å². The van der Waals surface area contributed by atoms with Crippen LogP contribution in [0.4, 0.5) is 0 Å². The molecule has 1 aromatic carbocycles. The van der Waals surface area contributed by atoms with Gasteiger partial charge < -0.3 is 19.6 Å². The number of amides is 2. The average molecular weight is 402 g/mol. The fraction of sp³-hybridized carbons (Fsp3) is 0.636. The summed E-state index contributed by atoms with van der Waals surface area (Å²) in [4.78, 5) is 31.9. The lowest BCUT2D eigenvalue weighted by atomic mass is 9.92. The molecule has 7 heteroatoms. The van der Waals surface area contributed by atoms with E-state index in [0.29, 0.717) is 37.9 Å². The normalized spacial score (nSPS) is 24.5. The quantitative estimate of drug-likeness (QED) is 0.832. The molecular weight excluding hydrogens is 370 g/mol. The first-order chi connectivity index (χ1) is 14.1. The van der Waals surface area contributed by atoms with Gasteiger partial charge in [0.1, 0.15) is 5.75 Å². The Labute approximate surface area is 172 Å². The third-order valence-corrected chi connectivity index (χ3v) is 6.49. The summed E-state index contributed by atoms with van der Waals surface area (Å²) in [5.41, 5.74) is 0.539. The average Bonchev–Trinajstić information content (AvgIpc) is 2.79. The molecule has 4 rings (SSSR count). The lowest BCUT2D eigenvalue weighted by Crippen LogP contribution is -2.53. The van der Waals surface area contributed by atoms with Gasteiger partial charge in [0.25, 0.3) is 5.91 Å². The Bertz CT molecular complexity index is 727. The number of morpholine rings is 1. The van der Waals surface area contributed by atoms with Crippen molar-refractivity contribution in [2.45, 2.75) is 31.7 Å². The van der Waals surface area contributed by atoms with E-state index in [1.54, 1.807) is 18.2 Å². The van der Waals surface area contributed by atoms with Gasteiger partial charge in [0.05, 0.1) is 19.1 Å². The molecule has 1 N–H and O–H groups in total. The maximum absolute atomic E-state index is 12.9. The summed E-state index contributed by atoms with van der Waals surface area (Å²) in [6.07, 6.45) is 3.90. The highest BCUT2D eigenvalue weighted by Gasteiger charge is 2.34. The molecule has 0 bridgehead atoms. The van der Waals surface area contributed by atoms with Crippen molar-refractivity contribution in [3.8, 4) is 5.75 Å². The number of hydrogen-bond donors (Lipinski definition) is 1. The minimum absolute atomic E-state index is 0.0154. The van der Waals surface area contributed by atoms with Crippen molar-refractivity contribution in [1.82, 2.24) is 14.7 Å². The summed E-state index contributed by atoms with van der Waals surface area (Å²) in [6, 6.07) is 6.99. The molecular formula is C22H31N3O4. The zero-order valence-electron chi connectivity index (χ0n) is 17.0. The predicted octanol–water partition coefficient (Wildman–Crippen LogP) is 1.57.